The molecular weight excluding hydrogens is 436 g/mol. The third-order valence-electron chi connectivity index (χ3n) is 6.10. The van der Waals surface area contributed by atoms with Crippen molar-refractivity contribution in [3.8, 4) is 11.5 Å². The van der Waals surface area contributed by atoms with Crippen molar-refractivity contribution in [3.63, 3.8) is 0 Å². The average molecular weight is 469 g/mol. The number of anilines is 2. The lowest BCUT2D eigenvalue weighted by Gasteiger charge is -2.26. The molecule has 9 nitrogen and oxygen atoms in total. The van der Waals surface area contributed by atoms with E-state index in [-0.39, 0.29) is 12.0 Å². The van der Waals surface area contributed by atoms with Crippen molar-refractivity contribution in [1.29, 1.82) is 0 Å². The Morgan fingerprint density at radius 1 is 0.941 bits per heavy atom. The Kier molecular flexibility index (Phi) is 6.54. The van der Waals surface area contributed by atoms with Crippen molar-refractivity contribution in [2.45, 2.75) is 26.4 Å². The first-order valence-corrected chi connectivity index (χ1v) is 11.4. The maximum atomic E-state index is 12.9. The number of nitrogens with one attached hydrogen (secondary N) is 1. The number of benzene rings is 1. The van der Waals surface area contributed by atoms with Gasteiger partial charge in [0.25, 0.3) is 5.91 Å². The molecule has 0 spiro atoms. The van der Waals surface area contributed by atoms with Crippen molar-refractivity contribution < 1.29 is 23.8 Å². The molecule has 0 saturated carbocycles. The van der Waals surface area contributed by atoms with Gasteiger partial charge in [0.05, 0.1) is 31.7 Å². The molecule has 2 fully saturated rings. The molecule has 2 unspecified atom stereocenters. The third-order valence-corrected chi connectivity index (χ3v) is 6.10. The summed E-state index contributed by atoms with van der Waals surface area (Å²) < 4.78 is 16.1. The standard InChI is InChI=1S/C25H32N4O5/c1-25(2,3)34-24(31)29-14-17-12-28(13-18(17)15-29)20-6-16(10-26-11-20)23(30)27-19-7-21(32-4)9-22(8-19)33-5/h6-11,17-18H,12-15H2,1-5H3,(H,27,30). The molecule has 1 N–H and O–H groups in total. The quantitative estimate of drug-likeness (QED) is 0.716. The monoisotopic (exact) mass is 468 g/mol. The fourth-order valence-corrected chi connectivity index (χ4v) is 4.49. The summed E-state index contributed by atoms with van der Waals surface area (Å²) in [7, 11) is 3.12. The Labute approximate surface area is 200 Å². The van der Waals surface area contributed by atoms with Gasteiger partial charge in [0.1, 0.15) is 17.1 Å². The molecule has 1 aromatic carbocycles. The van der Waals surface area contributed by atoms with E-state index < -0.39 is 5.60 Å². The average Bonchev–Trinajstić information content (AvgIpc) is 3.37. The first kappa shape index (κ1) is 23.7. The minimum Gasteiger partial charge on any atom is -0.497 e. The minimum absolute atomic E-state index is 0.247. The van der Waals surface area contributed by atoms with Crippen molar-refractivity contribution in [2.24, 2.45) is 11.8 Å². The van der Waals surface area contributed by atoms with Gasteiger partial charge in [0.15, 0.2) is 0 Å². The van der Waals surface area contributed by atoms with Crippen LogP contribution < -0.4 is 19.7 Å². The number of methoxy groups -OCH3 is 2. The fraction of sp³-hybridized carbons (Fsp3) is 0.480. The van der Waals surface area contributed by atoms with Crippen LogP contribution in [0, 0.1) is 11.8 Å². The van der Waals surface area contributed by atoms with Gasteiger partial charge in [0.2, 0.25) is 0 Å². The number of likely N-dealkylation sites (tertiary alicyclic amines) is 1. The number of fused-ring (bicyclic) bond motifs is 1. The van der Waals surface area contributed by atoms with Crippen LogP contribution in [0.4, 0.5) is 16.2 Å². The largest absolute Gasteiger partial charge is 0.497 e. The second-order valence-electron chi connectivity index (χ2n) is 9.80. The number of carbonyl (C=O) groups excluding carboxylic acids is 2. The first-order chi connectivity index (χ1) is 16.1. The highest BCUT2D eigenvalue weighted by Crippen LogP contribution is 2.35. The van der Waals surface area contributed by atoms with Crippen LogP contribution in [0.15, 0.2) is 36.7 Å². The molecule has 2 amide bonds. The van der Waals surface area contributed by atoms with Gasteiger partial charge in [0, 0.05) is 68.1 Å². The van der Waals surface area contributed by atoms with Crippen LogP contribution in [-0.4, -0.2) is 67.9 Å². The number of carbonyl (C=O) groups is 2. The zero-order chi connectivity index (χ0) is 24.5. The number of hydrogen-bond donors (Lipinski definition) is 1. The van der Waals surface area contributed by atoms with Crippen LogP contribution in [0.25, 0.3) is 0 Å². The Morgan fingerprint density at radius 2 is 1.56 bits per heavy atom. The molecular formula is C25H32N4O5. The van der Waals surface area contributed by atoms with Gasteiger partial charge in [-0.15, -0.1) is 0 Å². The fourth-order valence-electron chi connectivity index (χ4n) is 4.49. The smallest absolute Gasteiger partial charge is 0.410 e. The van der Waals surface area contributed by atoms with E-state index in [9.17, 15) is 9.59 Å². The van der Waals surface area contributed by atoms with E-state index in [1.165, 1.54) is 0 Å². The summed E-state index contributed by atoms with van der Waals surface area (Å²) in [6.07, 6.45) is 3.08. The highest BCUT2D eigenvalue weighted by Gasteiger charge is 2.42. The maximum absolute atomic E-state index is 12.9. The van der Waals surface area contributed by atoms with Crippen molar-refractivity contribution in [1.82, 2.24) is 9.88 Å². The number of nitrogens with zero attached hydrogens (tertiary/aromatic N) is 3. The molecule has 2 atom stereocenters. The van der Waals surface area contributed by atoms with E-state index in [4.69, 9.17) is 14.2 Å². The van der Waals surface area contributed by atoms with Crippen molar-refractivity contribution in [2.75, 3.05) is 50.6 Å². The van der Waals surface area contributed by atoms with Gasteiger partial charge in [-0.2, -0.15) is 0 Å². The molecule has 1 aromatic heterocycles. The van der Waals surface area contributed by atoms with Crippen LogP contribution in [0.1, 0.15) is 31.1 Å². The highest BCUT2D eigenvalue weighted by molar-refractivity contribution is 6.04. The van der Waals surface area contributed by atoms with E-state index in [2.05, 4.69) is 15.2 Å². The molecule has 3 heterocycles. The Morgan fingerprint density at radius 3 is 2.12 bits per heavy atom. The molecule has 4 rings (SSSR count). The molecule has 2 aliphatic heterocycles. The zero-order valence-electron chi connectivity index (χ0n) is 20.3. The van der Waals surface area contributed by atoms with E-state index in [1.807, 2.05) is 31.7 Å². The maximum Gasteiger partial charge on any atom is 0.410 e. The number of rotatable bonds is 5. The molecule has 2 saturated heterocycles. The summed E-state index contributed by atoms with van der Waals surface area (Å²) in [5.74, 6) is 1.65. The molecule has 0 aliphatic carbocycles. The zero-order valence-corrected chi connectivity index (χ0v) is 20.3. The van der Waals surface area contributed by atoms with Crippen molar-refractivity contribution >= 4 is 23.4 Å². The summed E-state index contributed by atoms with van der Waals surface area (Å²) in [6, 6.07) is 7.06. The Bertz CT molecular complexity index is 1030. The molecule has 182 valence electrons. The second-order valence-corrected chi connectivity index (χ2v) is 9.80. The van der Waals surface area contributed by atoms with Crippen molar-refractivity contribution in [3.05, 3.63) is 42.2 Å². The van der Waals surface area contributed by atoms with Crippen LogP contribution in [0.2, 0.25) is 0 Å². The molecule has 2 aromatic rings. The second kappa shape index (κ2) is 9.40. The predicted octanol–water partition coefficient (Wildman–Crippen LogP) is 3.65. The summed E-state index contributed by atoms with van der Waals surface area (Å²) >= 11 is 0. The van der Waals surface area contributed by atoms with Crippen LogP contribution in [-0.2, 0) is 4.74 Å². The summed E-state index contributed by atoms with van der Waals surface area (Å²) in [5, 5.41) is 2.89. The molecule has 9 heteroatoms. The number of ether oxygens (including phenoxy) is 3. The number of pyridine rings is 1. The van der Waals surface area contributed by atoms with Gasteiger partial charge < -0.3 is 29.3 Å². The van der Waals surface area contributed by atoms with E-state index in [1.54, 1.807) is 44.8 Å². The molecule has 0 radical (unpaired) electrons. The molecule has 2 aliphatic rings. The summed E-state index contributed by atoms with van der Waals surface area (Å²) in [6.45, 7) is 8.62. The Hall–Kier alpha value is -3.49. The van der Waals surface area contributed by atoms with Gasteiger partial charge in [-0.3, -0.25) is 9.78 Å². The van der Waals surface area contributed by atoms with E-state index >= 15 is 0 Å². The van der Waals surface area contributed by atoms with Crippen LogP contribution >= 0.6 is 0 Å². The normalized spacial score (nSPS) is 19.6. The van der Waals surface area contributed by atoms with Gasteiger partial charge in [-0.1, -0.05) is 0 Å². The Balaban J connectivity index is 1.40. The van der Waals surface area contributed by atoms with Gasteiger partial charge >= 0.3 is 6.09 Å². The molecule has 34 heavy (non-hydrogen) atoms. The number of amides is 2. The van der Waals surface area contributed by atoms with E-state index in [0.29, 0.717) is 47.7 Å². The lowest BCUT2D eigenvalue weighted by atomic mass is 10.0. The third kappa shape index (κ3) is 5.35. The van der Waals surface area contributed by atoms with Crippen LogP contribution in [0.3, 0.4) is 0 Å². The first-order valence-electron chi connectivity index (χ1n) is 11.4. The summed E-state index contributed by atoms with van der Waals surface area (Å²) in [5.41, 5.74) is 1.44. The SMILES string of the molecule is COc1cc(NC(=O)c2cncc(N3CC4CN(C(=O)OC(C)(C)C)CC4C3)c2)cc(OC)c1. The topological polar surface area (TPSA) is 93.2 Å². The minimum atomic E-state index is -0.497. The summed E-state index contributed by atoms with van der Waals surface area (Å²) in [4.78, 5) is 33.7. The van der Waals surface area contributed by atoms with Crippen LogP contribution in [0.5, 0.6) is 11.5 Å². The highest BCUT2D eigenvalue weighted by atomic mass is 16.6. The number of aromatic nitrogens is 1. The van der Waals surface area contributed by atoms with Gasteiger partial charge in [-0.25, -0.2) is 4.79 Å². The van der Waals surface area contributed by atoms with E-state index in [0.717, 1.165) is 18.8 Å². The number of hydrogen-bond acceptors (Lipinski definition) is 7. The lowest BCUT2D eigenvalue weighted by molar-refractivity contribution is 0.0282. The predicted molar refractivity (Wildman–Crippen MR) is 129 cm³/mol. The van der Waals surface area contributed by atoms with Gasteiger partial charge in [-0.05, 0) is 26.8 Å². The lowest BCUT2D eigenvalue weighted by Crippen LogP contribution is -2.37. The molecule has 0 bridgehead atoms.